The van der Waals surface area contributed by atoms with Gasteiger partial charge in [-0.1, -0.05) is 36.4 Å². The molecule has 0 spiro atoms. The molecule has 0 aliphatic rings. The van der Waals surface area contributed by atoms with Crippen LogP contribution in [0.25, 0.3) is 10.9 Å². The summed E-state index contributed by atoms with van der Waals surface area (Å²) in [7, 11) is 0. The lowest BCUT2D eigenvalue weighted by atomic mass is 10.1. The largest absolute Gasteiger partial charge is 0.340 e. The van der Waals surface area contributed by atoms with Crippen LogP contribution < -0.4 is 5.43 Å². The Bertz CT molecular complexity index is 1330. The summed E-state index contributed by atoms with van der Waals surface area (Å²) in [6.45, 7) is 2.53. The molecule has 0 fully saturated rings. The Morgan fingerprint density at radius 2 is 1.81 bits per heavy atom. The SMILES string of the molecule is Cc1c(/C=N\NC(=O)c2ccc(F)cc2)c2ccccc2n1Cc1ccccc1C#N. The Kier molecular flexibility index (Phi) is 5.59. The quantitative estimate of drug-likeness (QED) is 0.380. The summed E-state index contributed by atoms with van der Waals surface area (Å²) in [5, 5.41) is 14.5. The molecule has 0 aliphatic carbocycles. The van der Waals surface area contributed by atoms with Crippen LogP contribution in [0.4, 0.5) is 4.39 Å². The second kappa shape index (κ2) is 8.64. The number of fused-ring (bicyclic) bond motifs is 1. The number of carbonyl (C=O) groups is 1. The molecule has 1 amide bonds. The van der Waals surface area contributed by atoms with E-state index in [4.69, 9.17) is 0 Å². The van der Waals surface area contributed by atoms with E-state index >= 15 is 0 Å². The molecule has 1 heterocycles. The van der Waals surface area contributed by atoms with Gasteiger partial charge in [0.05, 0.1) is 17.8 Å². The first-order chi connectivity index (χ1) is 15.1. The van der Waals surface area contributed by atoms with Gasteiger partial charge in [0.25, 0.3) is 5.91 Å². The van der Waals surface area contributed by atoms with Crippen molar-refractivity contribution in [1.29, 1.82) is 5.26 Å². The topological polar surface area (TPSA) is 70.2 Å². The van der Waals surface area contributed by atoms with E-state index < -0.39 is 11.7 Å². The summed E-state index contributed by atoms with van der Waals surface area (Å²) >= 11 is 0. The fourth-order valence-electron chi connectivity index (χ4n) is 3.58. The lowest BCUT2D eigenvalue weighted by Gasteiger charge is -2.10. The van der Waals surface area contributed by atoms with Crippen LogP contribution in [-0.2, 0) is 6.54 Å². The number of carbonyl (C=O) groups excluding carboxylic acids is 1. The van der Waals surface area contributed by atoms with Crippen molar-refractivity contribution >= 4 is 23.0 Å². The molecule has 0 aliphatic heterocycles. The van der Waals surface area contributed by atoms with E-state index in [1.165, 1.54) is 24.3 Å². The minimum atomic E-state index is -0.416. The number of amides is 1. The summed E-state index contributed by atoms with van der Waals surface area (Å²) in [5.74, 6) is -0.818. The van der Waals surface area contributed by atoms with Crippen LogP contribution in [0.2, 0.25) is 0 Å². The third kappa shape index (κ3) is 4.07. The number of aromatic nitrogens is 1. The highest BCUT2D eigenvalue weighted by Crippen LogP contribution is 2.26. The van der Waals surface area contributed by atoms with Crippen LogP contribution in [0.1, 0.15) is 32.7 Å². The molecule has 4 aromatic rings. The number of hydrogen-bond acceptors (Lipinski definition) is 3. The number of para-hydroxylation sites is 1. The molecule has 0 unspecified atom stereocenters. The van der Waals surface area contributed by atoms with Crippen molar-refractivity contribution in [2.75, 3.05) is 0 Å². The van der Waals surface area contributed by atoms with Crippen LogP contribution in [-0.4, -0.2) is 16.7 Å². The lowest BCUT2D eigenvalue weighted by Crippen LogP contribution is -2.17. The molecule has 0 atom stereocenters. The molecule has 3 aromatic carbocycles. The Balaban J connectivity index is 1.65. The minimum Gasteiger partial charge on any atom is -0.340 e. The molecular weight excluding hydrogens is 391 g/mol. The molecule has 1 aromatic heterocycles. The summed E-state index contributed by atoms with van der Waals surface area (Å²) in [6.07, 6.45) is 1.62. The van der Waals surface area contributed by atoms with Gasteiger partial charge in [0.15, 0.2) is 0 Å². The van der Waals surface area contributed by atoms with Crippen molar-refractivity contribution in [3.05, 3.63) is 107 Å². The zero-order chi connectivity index (χ0) is 21.8. The van der Waals surface area contributed by atoms with Crippen molar-refractivity contribution in [3.63, 3.8) is 0 Å². The molecule has 1 N–H and O–H groups in total. The smallest absolute Gasteiger partial charge is 0.271 e. The average molecular weight is 410 g/mol. The molecular formula is C25H19FN4O. The van der Waals surface area contributed by atoms with Gasteiger partial charge in [-0.25, -0.2) is 9.82 Å². The summed E-state index contributed by atoms with van der Waals surface area (Å²) in [6, 6.07) is 23.0. The van der Waals surface area contributed by atoms with Crippen molar-refractivity contribution in [2.45, 2.75) is 13.5 Å². The van der Waals surface area contributed by atoms with Crippen LogP contribution >= 0.6 is 0 Å². The normalized spacial score (nSPS) is 11.0. The van der Waals surface area contributed by atoms with Crippen molar-refractivity contribution in [2.24, 2.45) is 5.10 Å². The minimum absolute atomic E-state index is 0.325. The van der Waals surface area contributed by atoms with Crippen LogP contribution in [0, 0.1) is 24.1 Å². The molecule has 0 bridgehead atoms. The van der Waals surface area contributed by atoms with E-state index in [0.717, 1.165) is 27.7 Å². The number of hydrazone groups is 1. The maximum absolute atomic E-state index is 13.0. The Morgan fingerprint density at radius 1 is 1.10 bits per heavy atom. The van der Waals surface area contributed by atoms with Gasteiger partial charge in [0.1, 0.15) is 5.82 Å². The molecule has 0 radical (unpaired) electrons. The molecule has 0 saturated carbocycles. The molecule has 4 rings (SSSR count). The molecule has 0 saturated heterocycles. The van der Waals surface area contributed by atoms with E-state index in [0.29, 0.717) is 17.7 Å². The molecule has 152 valence electrons. The van der Waals surface area contributed by atoms with Crippen LogP contribution in [0.15, 0.2) is 77.9 Å². The van der Waals surface area contributed by atoms with Gasteiger partial charge in [-0.05, 0) is 48.9 Å². The number of nitrogens with one attached hydrogen (secondary N) is 1. The third-order valence-corrected chi connectivity index (χ3v) is 5.21. The number of hydrogen-bond donors (Lipinski definition) is 1. The number of halogens is 1. The van der Waals surface area contributed by atoms with Gasteiger partial charge < -0.3 is 4.57 Å². The van der Waals surface area contributed by atoms with Crippen molar-refractivity contribution in [3.8, 4) is 6.07 Å². The van der Waals surface area contributed by atoms with Gasteiger partial charge in [-0.15, -0.1) is 0 Å². The van der Waals surface area contributed by atoms with E-state index in [1.807, 2.05) is 55.5 Å². The zero-order valence-corrected chi connectivity index (χ0v) is 16.8. The third-order valence-electron chi connectivity index (χ3n) is 5.21. The Labute approximate surface area is 179 Å². The average Bonchev–Trinajstić information content (AvgIpc) is 3.06. The van der Waals surface area contributed by atoms with Gasteiger partial charge in [0.2, 0.25) is 0 Å². The van der Waals surface area contributed by atoms with Crippen LogP contribution in [0.5, 0.6) is 0 Å². The van der Waals surface area contributed by atoms with Gasteiger partial charge in [0, 0.05) is 34.3 Å². The number of benzene rings is 3. The fourth-order valence-corrected chi connectivity index (χ4v) is 3.58. The molecule has 6 heteroatoms. The fraction of sp³-hybridized carbons (Fsp3) is 0.0800. The number of nitrogens with zero attached hydrogens (tertiary/aromatic N) is 3. The highest BCUT2D eigenvalue weighted by atomic mass is 19.1. The van der Waals surface area contributed by atoms with Crippen molar-refractivity contribution in [1.82, 2.24) is 9.99 Å². The van der Waals surface area contributed by atoms with E-state index in [9.17, 15) is 14.4 Å². The Hall–Kier alpha value is -4.24. The highest BCUT2D eigenvalue weighted by molar-refractivity contribution is 6.02. The summed E-state index contributed by atoms with van der Waals surface area (Å²) in [5.41, 5.74) is 7.25. The molecule has 5 nitrogen and oxygen atoms in total. The van der Waals surface area contributed by atoms with Gasteiger partial charge in [-0.3, -0.25) is 4.79 Å². The number of rotatable bonds is 5. The first-order valence-corrected chi connectivity index (χ1v) is 9.73. The van der Waals surface area contributed by atoms with Gasteiger partial charge in [-0.2, -0.15) is 10.4 Å². The second-order valence-corrected chi connectivity index (χ2v) is 7.08. The zero-order valence-electron chi connectivity index (χ0n) is 16.8. The first kappa shape index (κ1) is 20.0. The molecule has 31 heavy (non-hydrogen) atoms. The van der Waals surface area contributed by atoms with E-state index in [2.05, 4.69) is 21.2 Å². The standard InChI is InChI=1S/C25H19FN4O/c1-17-23(15-28-29-25(31)18-10-12-21(26)13-11-18)22-8-4-5-9-24(22)30(17)16-20-7-3-2-6-19(20)14-27/h2-13,15H,16H2,1H3,(H,29,31)/b28-15-. The predicted octanol–water partition coefficient (Wildman–Crippen LogP) is 4.77. The maximum atomic E-state index is 13.0. The Morgan fingerprint density at radius 3 is 2.58 bits per heavy atom. The monoisotopic (exact) mass is 410 g/mol. The lowest BCUT2D eigenvalue weighted by molar-refractivity contribution is 0.0955. The number of nitriles is 1. The highest BCUT2D eigenvalue weighted by Gasteiger charge is 2.14. The van der Waals surface area contributed by atoms with Crippen molar-refractivity contribution < 1.29 is 9.18 Å². The second-order valence-electron chi connectivity index (χ2n) is 7.08. The summed E-state index contributed by atoms with van der Waals surface area (Å²) in [4.78, 5) is 12.2. The van der Waals surface area contributed by atoms with Crippen LogP contribution in [0.3, 0.4) is 0 Å². The van der Waals surface area contributed by atoms with E-state index in [1.54, 1.807) is 6.21 Å². The first-order valence-electron chi connectivity index (χ1n) is 9.73. The van der Waals surface area contributed by atoms with Gasteiger partial charge >= 0.3 is 0 Å². The van der Waals surface area contributed by atoms with E-state index in [-0.39, 0.29) is 0 Å². The predicted molar refractivity (Wildman–Crippen MR) is 118 cm³/mol. The maximum Gasteiger partial charge on any atom is 0.271 e. The summed E-state index contributed by atoms with van der Waals surface area (Å²) < 4.78 is 15.2.